The number of nitrogens with zero attached hydrogens (tertiary/aromatic N) is 2. The normalized spacial score (nSPS) is 21.5. The highest BCUT2D eigenvalue weighted by Crippen LogP contribution is 2.32. The smallest absolute Gasteiger partial charge is 0.368 e. The molecule has 1 heterocycles. The zero-order valence-electron chi connectivity index (χ0n) is 21.3. The Bertz CT molecular complexity index is 1160. The van der Waals surface area contributed by atoms with Crippen molar-refractivity contribution >= 4 is 17.7 Å². The number of rotatable bonds is 6. The maximum Gasteiger partial charge on any atom is 0.416 e. The van der Waals surface area contributed by atoms with Crippen molar-refractivity contribution in [1.29, 1.82) is 0 Å². The first-order valence-corrected chi connectivity index (χ1v) is 12.9. The van der Waals surface area contributed by atoms with Crippen molar-refractivity contribution < 1.29 is 27.6 Å². The van der Waals surface area contributed by atoms with E-state index in [0.29, 0.717) is 43.7 Å². The standard InChI is InChI=1S/C28H33F3N4O3/c1-18-17-20(28(29,30)31)11-12-21(18)27(38)35-15-13-34(14-16-35)23-10-6-5-9-22(23)26(37)33-24(25(32)36)19-7-3-2-4-8-19/h2-4,7-8,11-12,17,22-24H,5-6,9-10,13-16H2,1H3,(H2,32,36)(H,33,37)/t22-,23-,24+/m1/s1. The van der Waals surface area contributed by atoms with Crippen LogP contribution in [0.1, 0.15) is 58.8 Å². The van der Waals surface area contributed by atoms with Gasteiger partial charge in [-0.05, 0) is 49.1 Å². The average molecular weight is 531 g/mol. The van der Waals surface area contributed by atoms with Crippen molar-refractivity contribution in [2.24, 2.45) is 11.7 Å². The van der Waals surface area contributed by atoms with E-state index in [2.05, 4.69) is 10.2 Å². The van der Waals surface area contributed by atoms with Crippen LogP contribution in [0.25, 0.3) is 0 Å². The highest BCUT2D eigenvalue weighted by atomic mass is 19.4. The van der Waals surface area contributed by atoms with Crippen molar-refractivity contribution in [3.63, 3.8) is 0 Å². The first-order valence-electron chi connectivity index (χ1n) is 12.9. The van der Waals surface area contributed by atoms with Gasteiger partial charge in [0.1, 0.15) is 6.04 Å². The molecule has 4 rings (SSSR count). The maximum absolute atomic E-state index is 13.3. The van der Waals surface area contributed by atoms with Gasteiger partial charge >= 0.3 is 6.18 Å². The topological polar surface area (TPSA) is 95.7 Å². The van der Waals surface area contributed by atoms with Crippen LogP contribution in [0.15, 0.2) is 48.5 Å². The van der Waals surface area contributed by atoms with Crippen LogP contribution in [0.5, 0.6) is 0 Å². The van der Waals surface area contributed by atoms with E-state index < -0.39 is 23.7 Å². The number of halogens is 3. The van der Waals surface area contributed by atoms with Crippen LogP contribution in [0.4, 0.5) is 13.2 Å². The quantitative estimate of drug-likeness (QED) is 0.596. The van der Waals surface area contributed by atoms with E-state index in [1.54, 1.807) is 29.2 Å². The third-order valence-electron chi connectivity index (χ3n) is 7.62. The summed E-state index contributed by atoms with van der Waals surface area (Å²) in [5.41, 5.74) is 6.01. The third kappa shape index (κ3) is 6.18. The van der Waals surface area contributed by atoms with E-state index in [4.69, 9.17) is 5.73 Å². The average Bonchev–Trinajstić information content (AvgIpc) is 2.91. The number of benzene rings is 2. The Balaban J connectivity index is 1.40. The Morgan fingerprint density at radius 2 is 1.63 bits per heavy atom. The zero-order chi connectivity index (χ0) is 27.4. The maximum atomic E-state index is 13.3. The summed E-state index contributed by atoms with van der Waals surface area (Å²) < 4.78 is 39.0. The summed E-state index contributed by atoms with van der Waals surface area (Å²) in [5, 5.41) is 2.86. The Kier molecular flexibility index (Phi) is 8.40. The van der Waals surface area contributed by atoms with Crippen LogP contribution in [-0.2, 0) is 15.8 Å². The van der Waals surface area contributed by atoms with Gasteiger partial charge in [0.15, 0.2) is 0 Å². The summed E-state index contributed by atoms with van der Waals surface area (Å²) in [6, 6.07) is 11.2. The van der Waals surface area contributed by atoms with Crippen LogP contribution in [-0.4, -0.2) is 59.7 Å². The number of hydrogen-bond acceptors (Lipinski definition) is 4. The summed E-state index contributed by atoms with van der Waals surface area (Å²) >= 11 is 0. The molecule has 1 aliphatic heterocycles. The molecule has 3 N–H and O–H groups in total. The molecule has 7 nitrogen and oxygen atoms in total. The highest BCUT2D eigenvalue weighted by Gasteiger charge is 2.38. The lowest BCUT2D eigenvalue weighted by atomic mass is 9.82. The summed E-state index contributed by atoms with van der Waals surface area (Å²) in [4.78, 5) is 42.4. The Morgan fingerprint density at radius 3 is 2.24 bits per heavy atom. The molecule has 10 heteroatoms. The lowest BCUT2D eigenvalue weighted by molar-refractivity contribution is -0.137. The van der Waals surface area contributed by atoms with Gasteiger partial charge < -0.3 is 16.0 Å². The zero-order valence-corrected chi connectivity index (χ0v) is 21.3. The molecule has 204 valence electrons. The van der Waals surface area contributed by atoms with E-state index in [1.807, 2.05) is 6.07 Å². The molecule has 2 aromatic rings. The summed E-state index contributed by atoms with van der Waals surface area (Å²) in [6.07, 6.45) is -1.04. The number of nitrogens with one attached hydrogen (secondary N) is 1. The second-order valence-electron chi connectivity index (χ2n) is 10.1. The minimum absolute atomic E-state index is 0.0295. The van der Waals surface area contributed by atoms with Gasteiger partial charge in [0, 0.05) is 37.8 Å². The largest absolute Gasteiger partial charge is 0.416 e. The number of alkyl halides is 3. The minimum Gasteiger partial charge on any atom is -0.368 e. The van der Waals surface area contributed by atoms with Crippen LogP contribution >= 0.6 is 0 Å². The molecule has 1 saturated carbocycles. The molecular weight excluding hydrogens is 497 g/mol. The third-order valence-corrected chi connectivity index (χ3v) is 7.62. The Hall–Kier alpha value is -3.40. The van der Waals surface area contributed by atoms with Crippen LogP contribution in [0.3, 0.4) is 0 Å². The molecule has 3 atom stereocenters. The van der Waals surface area contributed by atoms with Crippen LogP contribution in [0.2, 0.25) is 0 Å². The number of primary amides is 1. The van der Waals surface area contributed by atoms with Gasteiger partial charge in [0.05, 0.1) is 11.5 Å². The molecule has 2 aliphatic rings. The lowest BCUT2D eigenvalue weighted by Crippen LogP contribution is -2.56. The molecule has 0 spiro atoms. The van der Waals surface area contributed by atoms with Crippen molar-refractivity contribution in [3.8, 4) is 0 Å². The van der Waals surface area contributed by atoms with E-state index in [0.717, 1.165) is 31.4 Å². The molecular formula is C28H33F3N4O3. The summed E-state index contributed by atoms with van der Waals surface area (Å²) in [7, 11) is 0. The first kappa shape index (κ1) is 27.6. The van der Waals surface area contributed by atoms with Crippen molar-refractivity contribution in [1.82, 2.24) is 15.1 Å². The second kappa shape index (κ2) is 11.6. The molecule has 0 bridgehead atoms. The molecule has 3 amide bonds. The lowest BCUT2D eigenvalue weighted by Gasteiger charge is -2.44. The fourth-order valence-electron chi connectivity index (χ4n) is 5.57. The number of hydrogen-bond donors (Lipinski definition) is 2. The number of amides is 3. The number of piperazine rings is 1. The van der Waals surface area contributed by atoms with Gasteiger partial charge in [-0.2, -0.15) is 13.2 Å². The van der Waals surface area contributed by atoms with Crippen molar-refractivity contribution in [2.45, 2.75) is 50.9 Å². The van der Waals surface area contributed by atoms with Gasteiger partial charge in [-0.15, -0.1) is 0 Å². The van der Waals surface area contributed by atoms with E-state index >= 15 is 0 Å². The number of aryl methyl sites for hydroxylation is 1. The van der Waals surface area contributed by atoms with E-state index in [9.17, 15) is 27.6 Å². The fourth-order valence-corrected chi connectivity index (χ4v) is 5.57. The Labute approximate surface area is 220 Å². The monoisotopic (exact) mass is 530 g/mol. The van der Waals surface area contributed by atoms with Crippen LogP contribution in [0, 0.1) is 12.8 Å². The fraction of sp³-hybridized carbons (Fsp3) is 0.464. The van der Waals surface area contributed by atoms with E-state index in [1.165, 1.54) is 13.0 Å². The molecule has 2 fully saturated rings. The number of carbonyl (C=O) groups excluding carboxylic acids is 3. The van der Waals surface area contributed by atoms with Gasteiger partial charge in [-0.1, -0.05) is 43.2 Å². The van der Waals surface area contributed by atoms with Gasteiger partial charge in [-0.25, -0.2) is 0 Å². The predicted octanol–water partition coefficient (Wildman–Crippen LogP) is 3.67. The van der Waals surface area contributed by atoms with Gasteiger partial charge in [0.2, 0.25) is 11.8 Å². The number of carbonyl (C=O) groups is 3. The minimum atomic E-state index is -4.46. The summed E-state index contributed by atoms with van der Waals surface area (Å²) in [6.45, 7) is 3.45. The molecule has 0 unspecified atom stereocenters. The van der Waals surface area contributed by atoms with Crippen LogP contribution < -0.4 is 11.1 Å². The molecule has 38 heavy (non-hydrogen) atoms. The van der Waals surface area contributed by atoms with Gasteiger partial charge in [0.25, 0.3) is 5.91 Å². The molecule has 1 saturated heterocycles. The molecule has 0 aromatic heterocycles. The molecule has 1 aliphatic carbocycles. The molecule has 0 radical (unpaired) electrons. The Morgan fingerprint density at radius 1 is 0.974 bits per heavy atom. The SMILES string of the molecule is Cc1cc(C(F)(F)F)ccc1C(=O)N1CCN([C@@H]2CCCC[C@H]2C(=O)N[C@H](C(N)=O)c2ccccc2)CC1. The van der Waals surface area contributed by atoms with Crippen molar-refractivity contribution in [3.05, 3.63) is 70.8 Å². The highest BCUT2D eigenvalue weighted by molar-refractivity contribution is 5.95. The molecule has 2 aromatic carbocycles. The van der Waals surface area contributed by atoms with Crippen molar-refractivity contribution in [2.75, 3.05) is 26.2 Å². The van der Waals surface area contributed by atoms with Gasteiger partial charge in [-0.3, -0.25) is 19.3 Å². The summed E-state index contributed by atoms with van der Waals surface area (Å²) in [5.74, 6) is -1.43. The first-order chi connectivity index (χ1) is 18.1. The predicted molar refractivity (Wildman–Crippen MR) is 136 cm³/mol. The number of nitrogens with two attached hydrogens (primary N) is 1. The second-order valence-corrected chi connectivity index (χ2v) is 10.1. The van der Waals surface area contributed by atoms with E-state index in [-0.39, 0.29) is 29.3 Å².